The summed E-state index contributed by atoms with van der Waals surface area (Å²) in [5.41, 5.74) is 2.14. The number of likely N-dealkylation sites (N-methyl/N-ethyl adjacent to an activating group) is 2. The molecular weight excluding hydrogens is 480 g/mol. The van der Waals surface area contributed by atoms with E-state index in [-0.39, 0.29) is 18.4 Å². The van der Waals surface area contributed by atoms with Crippen LogP contribution in [0.15, 0.2) is 67.3 Å². The summed E-state index contributed by atoms with van der Waals surface area (Å²) >= 11 is 0. The maximum Gasteiger partial charge on any atom is 0.330 e. The van der Waals surface area contributed by atoms with Gasteiger partial charge in [0.05, 0.1) is 18.7 Å². The number of ketones is 1. The fourth-order valence-corrected chi connectivity index (χ4v) is 4.39. The van der Waals surface area contributed by atoms with E-state index in [0.717, 1.165) is 23.7 Å². The van der Waals surface area contributed by atoms with E-state index < -0.39 is 11.5 Å². The number of rotatable bonds is 17. The highest BCUT2D eigenvalue weighted by molar-refractivity contribution is 6.03. The smallest absolute Gasteiger partial charge is 0.330 e. The molecule has 1 atom stereocenters. The van der Waals surface area contributed by atoms with Gasteiger partial charge in [-0.1, -0.05) is 43.8 Å². The molecule has 206 valence electrons. The summed E-state index contributed by atoms with van der Waals surface area (Å²) in [6, 6.07) is 17.8. The number of Topliss-reactive ketones (excluding diaryl/α,β-unsaturated/α-hetero) is 1. The number of hydrogen-bond donors (Lipinski definition) is 0. The van der Waals surface area contributed by atoms with Crippen molar-refractivity contribution >= 4 is 23.4 Å². The minimum absolute atomic E-state index is 0.107. The summed E-state index contributed by atoms with van der Waals surface area (Å²) in [5, 5.41) is 0. The molecule has 0 fully saturated rings. The summed E-state index contributed by atoms with van der Waals surface area (Å²) in [4.78, 5) is 40.7. The van der Waals surface area contributed by atoms with Crippen LogP contribution in [0.25, 0.3) is 0 Å². The van der Waals surface area contributed by atoms with E-state index in [4.69, 9.17) is 9.47 Å². The normalized spacial score (nSPS) is 12.4. The van der Waals surface area contributed by atoms with E-state index >= 15 is 0 Å². The Morgan fingerprint density at radius 1 is 0.895 bits per heavy atom. The third-order valence-electron chi connectivity index (χ3n) is 6.90. The van der Waals surface area contributed by atoms with Crippen molar-refractivity contribution < 1.29 is 23.9 Å². The van der Waals surface area contributed by atoms with Crippen LogP contribution < -0.4 is 4.90 Å². The molecule has 7 nitrogen and oxygen atoms in total. The molecule has 0 saturated heterocycles. The molecule has 0 amide bonds. The number of nitrogens with zero attached hydrogens (tertiary/aromatic N) is 2. The van der Waals surface area contributed by atoms with E-state index in [1.807, 2.05) is 73.4 Å². The maximum atomic E-state index is 13.7. The Balaban J connectivity index is 1.84. The van der Waals surface area contributed by atoms with Gasteiger partial charge in [-0.05, 0) is 76.0 Å². The number of ether oxygens (including phenoxy) is 2. The van der Waals surface area contributed by atoms with Crippen molar-refractivity contribution in [2.24, 2.45) is 0 Å². The molecule has 0 N–H and O–H groups in total. The van der Waals surface area contributed by atoms with Gasteiger partial charge in [-0.25, -0.2) is 4.79 Å². The third-order valence-corrected chi connectivity index (χ3v) is 6.90. The monoisotopic (exact) mass is 522 g/mol. The highest BCUT2D eigenvalue weighted by atomic mass is 16.5. The van der Waals surface area contributed by atoms with E-state index in [0.29, 0.717) is 50.8 Å². The zero-order chi connectivity index (χ0) is 28.0. The molecule has 1 unspecified atom stereocenters. The average Bonchev–Trinajstić information content (AvgIpc) is 2.93. The molecule has 38 heavy (non-hydrogen) atoms. The minimum atomic E-state index is -0.626. The lowest BCUT2D eigenvalue weighted by molar-refractivity contribution is -0.143. The Hall–Kier alpha value is -3.45. The predicted octanol–water partition coefficient (Wildman–Crippen LogP) is 5.09. The average molecular weight is 523 g/mol. The number of unbranched alkanes of at least 4 members (excludes halogenated alkanes) is 2. The number of carbonyl (C=O) groups excluding carboxylic acids is 3. The second kappa shape index (κ2) is 15.7. The molecule has 0 radical (unpaired) electrons. The van der Waals surface area contributed by atoms with E-state index in [1.165, 1.54) is 0 Å². The lowest BCUT2D eigenvalue weighted by atomic mass is 9.80. The molecule has 7 heteroatoms. The molecule has 0 aliphatic rings. The molecule has 2 rings (SSSR count). The van der Waals surface area contributed by atoms with Crippen LogP contribution in [0.2, 0.25) is 0 Å². The first-order valence-corrected chi connectivity index (χ1v) is 13.3. The summed E-state index contributed by atoms with van der Waals surface area (Å²) in [7, 11) is 5.87. The highest BCUT2D eigenvalue weighted by Crippen LogP contribution is 2.28. The van der Waals surface area contributed by atoms with Gasteiger partial charge in [-0.3, -0.25) is 14.5 Å². The molecule has 0 bridgehead atoms. The van der Waals surface area contributed by atoms with Crippen LogP contribution in [0.1, 0.15) is 54.9 Å². The molecule has 0 heterocycles. The summed E-state index contributed by atoms with van der Waals surface area (Å²) in [5.74, 6) is -0.559. The summed E-state index contributed by atoms with van der Waals surface area (Å²) in [6.45, 7) is 6.56. The van der Waals surface area contributed by atoms with Gasteiger partial charge >= 0.3 is 11.9 Å². The maximum absolute atomic E-state index is 13.7. The van der Waals surface area contributed by atoms with Crippen LogP contribution in [0, 0.1) is 0 Å². The van der Waals surface area contributed by atoms with Crippen LogP contribution in [0.4, 0.5) is 5.69 Å². The van der Waals surface area contributed by atoms with Crippen LogP contribution in [-0.4, -0.2) is 69.1 Å². The molecule has 0 spiro atoms. The first-order valence-electron chi connectivity index (χ1n) is 13.3. The van der Waals surface area contributed by atoms with Crippen molar-refractivity contribution in [1.29, 1.82) is 0 Å². The standard InChI is InChI=1S/C31H42N2O5/c1-6-28(34)37-22-13-9-12-16-29(35)38-23-21-33(5)27-19-17-26(18-20-27)30(36)31(7-2,32(3)4)24-25-14-10-8-11-15-25/h6,8,10-11,14-15,17-20H,1,7,9,12-13,16,21-24H2,2-5H3. The lowest BCUT2D eigenvalue weighted by Gasteiger charge is -2.38. The van der Waals surface area contributed by atoms with Gasteiger partial charge in [0.1, 0.15) is 6.61 Å². The van der Waals surface area contributed by atoms with Crippen LogP contribution in [0.5, 0.6) is 0 Å². The number of anilines is 1. The van der Waals surface area contributed by atoms with Gasteiger partial charge in [-0.2, -0.15) is 0 Å². The molecule has 2 aromatic carbocycles. The lowest BCUT2D eigenvalue weighted by Crippen LogP contribution is -2.52. The number of benzene rings is 2. The highest BCUT2D eigenvalue weighted by Gasteiger charge is 2.39. The Morgan fingerprint density at radius 2 is 1.58 bits per heavy atom. The molecule has 2 aromatic rings. The van der Waals surface area contributed by atoms with E-state index in [2.05, 4.69) is 25.6 Å². The van der Waals surface area contributed by atoms with Gasteiger partial charge in [0.25, 0.3) is 0 Å². The number of carbonyl (C=O) groups is 3. The SMILES string of the molecule is C=CC(=O)OCCCCCC(=O)OCCN(C)c1ccc(C(=O)C(CC)(Cc2ccccc2)N(C)C)cc1. The predicted molar refractivity (Wildman–Crippen MR) is 151 cm³/mol. The van der Waals surface area contributed by atoms with Gasteiger partial charge in [0.2, 0.25) is 0 Å². The molecular formula is C31H42N2O5. The third kappa shape index (κ3) is 9.14. The molecule has 0 aromatic heterocycles. The Bertz CT molecular complexity index is 1040. The zero-order valence-corrected chi connectivity index (χ0v) is 23.3. The Kier molecular flexibility index (Phi) is 12.7. The van der Waals surface area contributed by atoms with Gasteiger partial charge in [-0.15, -0.1) is 0 Å². The topological polar surface area (TPSA) is 76.2 Å². The van der Waals surface area contributed by atoms with Crippen molar-refractivity contribution in [3.8, 4) is 0 Å². The van der Waals surface area contributed by atoms with Crippen molar-refractivity contribution in [2.45, 2.75) is 51.0 Å². The first kappa shape index (κ1) is 30.8. The van der Waals surface area contributed by atoms with Gasteiger partial charge in [0.15, 0.2) is 5.78 Å². The zero-order valence-electron chi connectivity index (χ0n) is 23.3. The number of hydrogen-bond acceptors (Lipinski definition) is 7. The molecule has 0 aliphatic carbocycles. The second-order valence-electron chi connectivity index (χ2n) is 9.64. The minimum Gasteiger partial charge on any atom is -0.464 e. The van der Waals surface area contributed by atoms with E-state index in [9.17, 15) is 14.4 Å². The van der Waals surface area contributed by atoms with Crippen LogP contribution in [0.3, 0.4) is 0 Å². The van der Waals surface area contributed by atoms with Crippen LogP contribution in [-0.2, 0) is 25.5 Å². The first-order chi connectivity index (χ1) is 18.2. The summed E-state index contributed by atoms with van der Waals surface area (Å²) in [6.07, 6.45) is 4.99. The van der Waals surface area contributed by atoms with Crippen molar-refractivity contribution in [1.82, 2.24) is 4.90 Å². The van der Waals surface area contributed by atoms with Crippen molar-refractivity contribution in [3.05, 3.63) is 78.4 Å². The van der Waals surface area contributed by atoms with E-state index in [1.54, 1.807) is 0 Å². The Morgan fingerprint density at radius 3 is 2.18 bits per heavy atom. The van der Waals surface area contributed by atoms with Crippen LogP contribution >= 0.6 is 0 Å². The second-order valence-corrected chi connectivity index (χ2v) is 9.64. The number of esters is 2. The van der Waals surface area contributed by atoms with Gasteiger partial charge in [0, 0.05) is 30.8 Å². The fourth-order valence-electron chi connectivity index (χ4n) is 4.39. The summed E-state index contributed by atoms with van der Waals surface area (Å²) < 4.78 is 10.3. The Labute approximate surface area is 227 Å². The largest absolute Gasteiger partial charge is 0.464 e. The fraction of sp³-hybridized carbons (Fsp3) is 0.452. The van der Waals surface area contributed by atoms with Crippen molar-refractivity contribution in [2.75, 3.05) is 45.8 Å². The molecule has 0 saturated carbocycles. The van der Waals surface area contributed by atoms with Crippen molar-refractivity contribution in [3.63, 3.8) is 0 Å². The molecule has 0 aliphatic heterocycles. The quantitative estimate of drug-likeness (QED) is 0.124. The van der Waals surface area contributed by atoms with Gasteiger partial charge < -0.3 is 14.4 Å².